The second-order valence-electron chi connectivity index (χ2n) is 2.57. The summed E-state index contributed by atoms with van der Waals surface area (Å²) in [6, 6.07) is 1.34. The third-order valence-corrected chi connectivity index (χ3v) is 2.64. The maximum absolute atomic E-state index is 13.4. The Morgan fingerprint density at radius 2 is 2.21 bits per heavy atom. The van der Waals surface area contributed by atoms with Crippen LogP contribution in [0.4, 0.5) is 4.39 Å². The van der Waals surface area contributed by atoms with Gasteiger partial charge in [-0.15, -0.1) is 0 Å². The summed E-state index contributed by atoms with van der Waals surface area (Å²) in [5, 5.41) is 8.47. The molecule has 1 rings (SSSR count). The summed E-state index contributed by atoms with van der Waals surface area (Å²) in [7, 11) is 0. The molecule has 3 nitrogen and oxygen atoms in total. The maximum Gasteiger partial charge on any atom is 0.325 e. The molecule has 0 heterocycles. The smallest absolute Gasteiger partial charge is 0.325 e. The van der Waals surface area contributed by atoms with Crippen molar-refractivity contribution in [1.82, 2.24) is 0 Å². The van der Waals surface area contributed by atoms with Gasteiger partial charge in [-0.2, -0.15) is 0 Å². The van der Waals surface area contributed by atoms with Crippen molar-refractivity contribution >= 4 is 33.5 Å². The highest BCUT2D eigenvalue weighted by Crippen LogP contribution is 2.29. The molecule has 0 aliphatic rings. The molecule has 0 saturated carbocycles. The van der Waals surface area contributed by atoms with E-state index in [2.05, 4.69) is 15.9 Å². The average molecular weight is 282 g/mol. The predicted octanol–water partition coefficient (Wildman–Crippen LogP) is 2.33. The van der Waals surface area contributed by atoms with Crippen LogP contribution in [0.1, 0.15) is 11.6 Å². The number of halogens is 3. The van der Waals surface area contributed by atoms with E-state index < -0.39 is 17.8 Å². The average Bonchev–Trinajstić information content (AvgIpc) is 2.12. The molecule has 0 radical (unpaired) electrons. The predicted molar refractivity (Wildman–Crippen MR) is 53.7 cm³/mol. The van der Waals surface area contributed by atoms with E-state index in [0.29, 0.717) is 0 Å². The molecular weight excluding hydrogens is 276 g/mol. The zero-order valence-electron chi connectivity index (χ0n) is 6.80. The van der Waals surface area contributed by atoms with Crippen LogP contribution >= 0.6 is 27.5 Å². The van der Waals surface area contributed by atoms with Gasteiger partial charge < -0.3 is 10.8 Å². The third-order valence-electron chi connectivity index (χ3n) is 1.66. The number of carbonyl (C=O) groups is 1. The molecule has 1 unspecified atom stereocenters. The second-order valence-corrected chi connectivity index (χ2v) is 3.83. The highest BCUT2D eigenvalue weighted by molar-refractivity contribution is 9.10. The Kier molecular flexibility index (Phi) is 3.47. The fourth-order valence-corrected chi connectivity index (χ4v) is 1.67. The first-order chi connectivity index (χ1) is 6.45. The van der Waals surface area contributed by atoms with Crippen LogP contribution in [0.2, 0.25) is 5.02 Å². The summed E-state index contributed by atoms with van der Waals surface area (Å²) in [6.07, 6.45) is 0. The van der Waals surface area contributed by atoms with Crippen LogP contribution in [0.25, 0.3) is 0 Å². The van der Waals surface area contributed by atoms with E-state index in [1.807, 2.05) is 0 Å². The molecule has 0 bridgehead atoms. The molecule has 1 aromatic carbocycles. The van der Waals surface area contributed by atoms with Crippen LogP contribution < -0.4 is 5.73 Å². The number of hydrogen-bond donors (Lipinski definition) is 2. The second kappa shape index (κ2) is 4.25. The van der Waals surface area contributed by atoms with Crippen molar-refractivity contribution in [2.45, 2.75) is 6.04 Å². The van der Waals surface area contributed by atoms with Gasteiger partial charge in [-0.3, -0.25) is 4.79 Å². The minimum absolute atomic E-state index is 0.148. The zero-order valence-corrected chi connectivity index (χ0v) is 9.14. The molecular formula is C8H6BrClFNO2. The molecule has 0 spiro atoms. The first kappa shape index (κ1) is 11.4. The summed E-state index contributed by atoms with van der Waals surface area (Å²) in [5.41, 5.74) is 5.13. The van der Waals surface area contributed by atoms with Gasteiger partial charge >= 0.3 is 5.97 Å². The topological polar surface area (TPSA) is 63.3 Å². The Balaban J connectivity index is 3.32. The van der Waals surface area contributed by atoms with E-state index in [1.54, 1.807) is 0 Å². The van der Waals surface area contributed by atoms with Crippen molar-refractivity contribution in [3.05, 3.63) is 33.0 Å². The first-order valence-electron chi connectivity index (χ1n) is 3.57. The Morgan fingerprint density at radius 3 is 2.71 bits per heavy atom. The Bertz CT molecular complexity index is 386. The summed E-state index contributed by atoms with van der Waals surface area (Å²) in [6.45, 7) is 0. The maximum atomic E-state index is 13.4. The van der Waals surface area contributed by atoms with Crippen LogP contribution in [0, 0.1) is 5.82 Å². The summed E-state index contributed by atoms with van der Waals surface area (Å²) in [4.78, 5) is 10.6. The zero-order chi connectivity index (χ0) is 10.9. The van der Waals surface area contributed by atoms with Gasteiger partial charge in [-0.25, -0.2) is 4.39 Å². The summed E-state index contributed by atoms with van der Waals surface area (Å²) >= 11 is 8.50. The number of aliphatic carboxylic acids is 1. The van der Waals surface area contributed by atoms with E-state index in [0.717, 1.165) is 0 Å². The van der Waals surface area contributed by atoms with E-state index in [4.69, 9.17) is 22.4 Å². The van der Waals surface area contributed by atoms with Gasteiger partial charge in [0.05, 0.1) is 5.02 Å². The number of rotatable bonds is 2. The van der Waals surface area contributed by atoms with Crippen LogP contribution in [0.15, 0.2) is 16.6 Å². The lowest BCUT2D eigenvalue weighted by Crippen LogP contribution is -2.22. The number of carboxylic acid groups (broad SMARTS) is 1. The van der Waals surface area contributed by atoms with Crippen molar-refractivity contribution < 1.29 is 14.3 Å². The highest BCUT2D eigenvalue weighted by Gasteiger charge is 2.22. The molecule has 0 amide bonds. The van der Waals surface area contributed by atoms with E-state index in [9.17, 15) is 9.18 Å². The van der Waals surface area contributed by atoms with Crippen LogP contribution in [-0.2, 0) is 4.79 Å². The number of nitrogens with two attached hydrogens (primary N) is 1. The fraction of sp³-hybridized carbons (Fsp3) is 0.125. The minimum Gasteiger partial charge on any atom is -0.480 e. The molecule has 0 aliphatic carbocycles. The van der Waals surface area contributed by atoms with E-state index in [-0.39, 0.29) is 15.1 Å². The third kappa shape index (κ3) is 2.05. The Labute approximate surface area is 92.8 Å². The number of benzene rings is 1. The van der Waals surface area contributed by atoms with Gasteiger partial charge in [0, 0.05) is 10.0 Å². The molecule has 1 atom stereocenters. The van der Waals surface area contributed by atoms with Gasteiger partial charge in [0.2, 0.25) is 0 Å². The van der Waals surface area contributed by atoms with Crippen molar-refractivity contribution in [2.24, 2.45) is 5.73 Å². The van der Waals surface area contributed by atoms with Crippen molar-refractivity contribution in [3.8, 4) is 0 Å². The SMILES string of the molecule is NC(C(=O)O)c1c(Br)ccc(Cl)c1F. The normalized spacial score (nSPS) is 12.6. The molecule has 0 aromatic heterocycles. The monoisotopic (exact) mass is 281 g/mol. The van der Waals surface area contributed by atoms with Crippen LogP contribution in [0.5, 0.6) is 0 Å². The standard InChI is InChI=1S/C8H6BrClFNO2/c9-3-1-2-4(10)6(11)5(3)7(12)8(13)14/h1-2,7H,12H2,(H,13,14). The van der Waals surface area contributed by atoms with Crippen molar-refractivity contribution in [3.63, 3.8) is 0 Å². The van der Waals surface area contributed by atoms with Gasteiger partial charge in [0.15, 0.2) is 0 Å². The van der Waals surface area contributed by atoms with Crippen molar-refractivity contribution in [2.75, 3.05) is 0 Å². The molecule has 1 aromatic rings. The first-order valence-corrected chi connectivity index (χ1v) is 4.74. The van der Waals surface area contributed by atoms with E-state index >= 15 is 0 Å². The van der Waals surface area contributed by atoms with Gasteiger partial charge in [0.1, 0.15) is 11.9 Å². The molecule has 6 heteroatoms. The molecule has 14 heavy (non-hydrogen) atoms. The van der Waals surface area contributed by atoms with Gasteiger partial charge in [0.25, 0.3) is 0 Å². The molecule has 0 aliphatic heterocycles. The quantitative estimate of drug-likeness (QED) is 0.818. The Hall–Kier alpha value is -0.650. The lowest BCUT2D eigenvalue weighted by Gasteiger charge is -2.11. The van der Waals surface area contributed by atoms with E-state index in [1.165, 1.54) is 12.1 Å². The minimum atomic E-state index is -1.43. The fourth-order valence-electron chi connectivity index (χ4n) is 0.951. The van der Waals surface area contributed by atoms with Crippen molar-refractivity contribution in [1.29, 1.82) is 0 Å². The summed E-state index contributed by atoms with van der Waals surface area (Å²) < 4.78 is 13.7. The van der Waals surface area contributed by atoms with Crippen LogP contribution in [-0.4, -0.2) is 11.1 Å². The molecule has 0 fully saturated rings. The van der Waals surface area contributed by atoms with Crippen LogP contribution in [0.3, 0.4) is 0 Å². The number of hydrogen-bond acceptors (Lipinski definition) is 2. The largest absolute Gasteiger partial charge is 0.480 e. The molecule has 3 N–H and O–H groups in total. The summed E-state index contributed by atoms with van der Waals surface area (Å²) in [5.74, 6) is -2.12. The lowest BCUT2D eigenvalue weighted by molar-refractivity contribution is -0.138. The number of carboxylic acids is 1. The lowest BCUT2D eigenvalue weighted by atomic mass is 10.1. The molecule has 0 saturated heterocycles. The molecule has 76 valence electrons. The van der Waals surface area contributed by atoms with Gasteiger partial charge in [-0.1, -0.05) is 27.5 Å². The Morgan fingerprint density at radius 1 is 1.64 bits per heavy atom. The highest BCUT2D eigenvalue weighted by atomic mass is 79.9. The van der Waals surface area contributed by atoms with Gasteiger partial charge in [-0.05, 0) is 12.1 Å².